The zero-order chi connectivity index (χ0) is 18.5. The van der Waals surface area contributed by atoms with Gasteiger partial charge in [-0.2, -0.15) is 5.10 Å². The number of nitrogens with one attached hydrogen (secondary N) is 2. The summed E-state index contributed by atoms with van der Waals surface area (Å²) in [6.07, 6.45) is 1.64. The van der Waals surface area contributed by atoms with Crippen LogP contribution >= 0.6 is 23.8 Å². The molecule has 0 amide bonds. The van der Waals surface area contributed by atoms with Gasteiger partial charge < -0.3 is 10.6 Å². The molecule has 0 aliphatic carbocycles. The van der Waals surface area contributed by atoms with Crippen LogP contribution in [-0.2, 0) is 6.54 Å². The van der Waals surface area contributed by atoms with Gasteiger partial charge >= 0.3 is 0 Å². The fourth-order valence-corrected chi connectivity index (χ4v) is 3.00. The van der Waals surface area contributed by atoms with Crippen molar-refractivity contribution in [2.24, 2.45) is 0 Å². The highest BCUT2D eigenvalue weighted by atomic mass is 35.5. The molecule has 0 fully saturated rings. The molecule has 0 spiro atoms. The lowest BCUT2D eigenvalue weighted by atomic mass is 10.1. The Labute approximate surface area is 162 Å². The molecule has 1 heterocycles. The highest BCUT2D eigenvalue weighted by molar-refractivity contribution is 7.80. The van der Waals surface area contributed by atoms with Gasteiger partial charge in [0.2, 0.25) is 0 Å². The Hall–Kier alpha value is -2.44. The summed E-state index contributed by atoms with van der Waals surface area (Å²) in [5.41, 5.74) is 1.66. The third-order valence-electron chi connectivity index (χ3n) is 3.89. The number of hydrogen-bond acceptors (Lipinski definition) is 2. The molecule has 2 aromatic carbocycles. The number of nitrogens with zero attached hydrogens (tertiary/aromatic N) is 2. The second-order valence-electron chi connectivity index (χ2n) is 5.85. The van der Waals surface area contributed by atoms with Crippen molar-refractivity contribution in [1.29, 1.82) is 0 Å². The molecule has 1 unspecified atom stereocenters. The van der Waals surface area contributed by atoms with Gasteiger partial charge in [-0.1, -0.05) is 60.1 Å². The average molecular weight is 389 g/mol. The molecule has 4 nitrogen and oxygen atoms in total. The van der Waals surface area contributed by atoms with E-state index >= 15 is 0 Å². The molecule has 0 saturated carbocycles. The normalized spacial score (nSPS) is 11.8. The van der Waals surface area contributed by atoms with E-state index < -0.39 is 0 Å². The number of rotatable bonds is 5. The summed E-state index contributed by atoms with van der Waals surface area (Å²) in [6, 6.07) is 16.6. The second kappa shape index (κ2) is 8.29. The lowest BCUT2D eigenvalue weighted by molar-refractivity contribution is 0.586. The molecule has 7 heteroatoms. The third kappa shape index (κ3) is 4.59. The Morgan fingerprint density at radius 1 is 1.19 bits per heavy atom. The van der Waals surface area contributed by atoms with E-state index in [1.807, 2.05) is 37.3 Å². The average Bonchev–Trinajstić information content (AvgIpc) is 2.96. The van der Waals surface area contributed by atoms with E-state index in [9.17, 15) is 4.39 Å². The number of aromatic nitrogens is 2. The van der Waals surface area contributed by atoms with Crippen molar-refractivity contribution in [2.45, 2.75) is 19.5 Å². The number of thiocarbonyl (C=S) groups is 1. The van der Waals surface area contributed by atoms with E-state index in [0.717, 1.165) is 5.56 Å². The van der Waals surface area contributed by atoms with Gasteiger partial charge in [-0.3, -0.25) is 4.68 Å². The maximum absolute atomic E-state index is 13.8. The Bertz CT molecular complexity index is 898. The second-order valence-corrected chi connectivity index (χ2v) is 6.66. The fourth-order valence-electron chi connectivity index (χ4n) is 2.53. The molecule has 134 valence electrons. The van der Waals surface area contributed by atoms with Crippen molar-refractivity contribution in [2.75, 3.05) is 5.32 Å². The van der Waals surface area contributed by atoms with Gasteiger partial charge in [0.25, 0.3) is 0 Å². The van der Waals surface area contributed by atoms with Gasteiger partial charge in [0.05, 0.1) is 12.6 Å². The summed E-state index contributed by atoms with van der Waals surface area (Å²) in [4.78, 5) is 0. The largest absolute Gasteiger partial charge is 0.356 e. The summed E-state index contributed by atoms with van der Waals surface area (Å²) in [5.74, 6) is 0.156. The summed E-state index contributed by atoms with van der Waals surface area (Å²) in [6.45, 7) is 2.30. The van der Waals surface area contributed by atoms with Crippen LogP contribution in [-0.4, -0.2) is 14.9 Å². The Balaban J connectivity index is 1.64. The molecule has 0 aliphatic heterocycles. The zero-order valence-corrected chi connectivity index (χ0v) is 15.7. The van der Waals surface area contributed by atoms with Crippen molar-refractivity contribution >= 4 is 34.7 Å². The van der Waals surface area contributed by atoms with Gasteiger partial charge in [-0.05, 0) is 30.8 Å². The standard InChI is InChI=1S/C19H18ClFN4S/c1-13(14-7-3-2-4-8-14)22-19(26)23-18-16(20)12-25(24-18)11-15-9-5-6-10-17(15)21/h2-10,12-13H,11H2,1H3,(H2,22,23,24,26). The van der Waals surface area contributed by atoms with Crippen molar-refractivity contribution in [3.63, 3.8) is 0 Å². The maximum atomic E-state index is 13.8. The molecule has 1 atom stereocenters. The van der Waals surface area contributed by atoms with Crippen molar-refractivity contribution in [1.82, 2.24) is 15.1 Å². The summed E-state index contributed by atoms with van der Waals surface area (Å²) in [5, 5.41) is 11.4. The lowest BCUT2D eigenvalue weighted by Crippen LogP contribution is -2.31. The topological polar surface area (TPSA) is 41.9 Å². The molecular weight excluding hydrogens is 371 g/mol. The van der Waals surface area contributed by atoms with Crippen LogP contribution in [0.3, 0.4) is 0 Å². The van der Waals surface area contributed by atoms with Crippen LogP contribution < -0.4 is 10.6 Å². The van der Waals surface area contributed by atoms with E-state index in [4.69, 9.17) is 23.8 Å². The van der Waals surface area contributed by atoms with Crippen LogP contribution in [0.4, 0.5) is 10.2 Å². The third-order valence-corrected chi connectivity index (χ3v) is 4.38. The van der Waals surface area contributed by atoms with Crippen molar-refractivity contribution in [3.05, 3.63) is 82.8 Å². The van der Waals surface area contributed by atoms with Crippen molar-refractivity contribution < 1.29 is 4.39 Å². The minimum atomic E-state index is -0.275. The predicted octanol–water partition coefficient (Wildman–Crippen LogP) is 4.77. The summed E-state index contributed by atoms with van der Waals surface area (Å²) < 4.78 is 15.4. The zero-order valence-electron chi connectivity index (χ0n) is 14.1. The van der Waals surface area contributed by atoms with Gasteiger partial charge in [-0.25, -0.2) is 4.39 Å². The molecule has 0 aliphatic rings. The first-order valence-corrected chi connectivity index (χ1v) is 8.90. The van der Waals surface area contributed by atoms with E-state index in [-0.39, 0.29) is 18.4 Å². The van der Waals surface area contributed by atoms with Gasteiger partial charge in [-0.15, -0.1) is 0 Å². The SMILES string of the molecule is CC(NC(=S)Nc1nn(Cc2ccccc2F)cc1Cl)c1ccccc1. The van der Waals surface area contributed by atoms with E-state index in [2.05, 4.69) is 15.7 Å². The van der Waals surface area contributed by atoms with E-state index in [1.54, 1.807) is 29.1 Å². The minimum absolute atomic E-state index is 0.0375. The number of anilines is 1. The summed E-state index contributed by atoms with van der Waals surface area (Å²) in [7, 11) is 0. The molecular formula is C19H18ClFN4S. The van der Waals surface area contributed by atoms with Crippen LogP contribution in [0.1, 0.15) is 24.1 Å². The van der Waals surface area contributed by atoms with Gasteiger partial charge in [0.15, 0.2) is 10.9 Å². The predicted molar refractivity (Wildman–Crippen MR) is 107 cm³/mol. The smallest absolute Gasteiger partial charge is 0.173 e. The first kappa shape index (κ1) is 18.4. The molecule has 2 N–H and O–H groups in total. The van der Waals surface area contributed by atoms with Crippen LogP contribution in [0, 0.1) is 5.82 Å². The molecule has 1 aromatic heterocycles. The Morgan fingerprint density at radius 3 is 2.62 bits per heavy atom. The van der Waals surface area contributed by atoms with E-state index in [0.29, 0.717) is 21.5 Å². The van der Waals surface area contributed by atoms with Crippen molar-refractivity contribution in [3.8, 4) is 0 Å². The number of benzene rings is 2. The minimum Gasteiger partial charge on any atom is -0.356 e. The number of hydrogen-bond donors (Lipinski definition) is 2. The summed E-state index contributed by atoms with van der Waals surface area (Å²) >= 11 is 11.6. The van der Waals surface area contributed by atoms with Crippen LogP contribution in [0.5, 0.6) is 0 Å². The Kier molecular flexibility index (Phi) is 5.85. The van der Waals surface area contributed by atoms with E-state index in [1.165, 1.54) is 6.07 Å². The maximum Gasteiger partial charge on any atom is 0.173 e. The quantitative estimate of drug-likeness (QED) is 0.618. The highest BCUT2D eigenvalue weighted by Crippen LogP contribution is 2.21. The molecule has 26 heavy (non-hydrogen) atoms. The molecule has 0 saturated heterocycles. The van der Waals surface area contributed by atoms with Crippen LogP contribution in [0.2, 0.25) is 5.02 Å². The fraction of sp³-hybridized carbons (Fsp3) is 0.158. The molecule has 3 aromatic rings. The lowest BCUT2D eigenvalue weighted by Gasteiger charge is -2.16. The van der Waals surface area contributed by atoms with Gasteiger partial charge in [0.1, 0.15) is 10.8 Å². The molecule has 0 radical (unpaired) electrons. The first-order chi connectivity index (χ1) is 12.5. The Morgan fingerprint density at radius 2 is 1.88 bits per heavy atom. The van der Waals surface area contributed by atoms with Crippen LogP contribution in [0.15, 0.2) is 60.8 Å². The molecule has 3 rings (SSSR count). The van der Waals surface area contributed by atoms with Gasteiger partial charge in [0, 0.05) is 11.8 Å². The number of halogens is 2. The monoisotopic (exact) mass is 388 g/mol. The molecule has 0 bridgehead atoms. The highest BCUT2D eigenvalue weighted by Gasteiger charge is 2.12. The first-order valence-electron chi connectivity index (χ1n) is 8.12. The van der Waals surface area contributed by atoms with Crippen LogP contribution in [0.25, 0.3) is 0 Å².